The zero-order valence-corrected chi connectivity index (χ0v) is 56.0. The van der Waals surface area contributed by atoms with Gasteiger partial charge in [0.2, 0.25) is 0 Å². The van der Waals surface area contributed by atoms with Gasteiger partial charge in [-0.05, 0) is 79.9 Å². The Hall–Kier alpha value is -8.68. The molecule has 6 heteroatoms. The van der Waals surface area contributed by atoms with Crippen LogP contribution in [0.3, 0.4) is 0 Å². The molecule has 91 heavy (non-hydrogen) atoms. The Balaban J connectivity index is 0.00000288. The van der Waals surface area contributed by atoms with Crippen molar-refractivity contribution in [3.63, 3.8) is 0 Å². The summed E-state index contributed by atoms with van der Waals surface area (Å²) in [4.78, 5) is 0. The second kappa shape index (κ2) is 34.5. The standard InChI is InChI=1S/C81H86O6.2C2H6/c1-11-28-61(12-2)55(3)67-47-75(57(5)63-31-20-14-21-32-63)79(76(48-67)58(6)64-33-22-15-23-34-64)86-53-71(82)51-84-73-43-39-69(40-44-73)81(9,10)70-41-45-74(46-42-70)85-52-72(83)54-87-80-77(59(7)65-35-24-16-25-36-65)49-68(56(4)62-29-18-13-19-30-62)50-78(80)60(8)66-37-26-17-27-38-66;2*1-2/h11-50,55-60,71-72,82-83H,1-2,51-54H2,3-10H3;2*1-2H3/b61-28+;;. The van der Waals surface area contributed by atoms with Crippen LogP contribution in [0.1, 0.15) is 191 Å². The first kappa shape index (κ1) is 69.8. The maximum Gasteiger partial charge on any atom is 0.127 e. The van der Waals surface area contributed by atoms with Gasteiger partial charge in [-0.1, -0.05) is 315 Å². The van der Waals surface area contributed by atoms with Gasteiger partial charge in [-0.2, -0.15) is 0 Å². The van der Waals surface area contributed by atoms with Gasteiger partial charge in [0.05, 0.1) is 0 Å². The van der Waals surface area contributed by atoms with Gasteiger partial charge in [0.25, 0.3) is 0 Å². The number of aliphatic hydroxyl groups excluding tert-OH is 2. The minimum atomic E-state index is -0.910. The molecule has 9 aromatic carbocycles. The second-order valence-electron chi connectivity index (χ2n) is 23.8. The fraction of sp³-hybridized carbons (Fsp3) is 0.294. The monoisotopic (exact) mass is 1210 g/mol. The average molecular weight is 1220 g/mol. The van der Waals surface area contributed by atoms with E-state index in [-0.39, 0.29) is 67.3 Å². The molecule has 0 aromatic heterocycles. The maximum absolute atomic E-state index is 11.6. The zero-order chi connectivity index (χ0) is 65.5. The van der Waals surface area contributed by atoms with Gasteiger partial charge >= 0.3 is 0 Å². The van der Waals surface area contributed by atoms with Crippen molar-refractivity contribution in [2.45, 2.75) is 136 Å². The van der Waals surface area contributed by atoms with Crippen LogP contribution in [0.5, 0.6) is 23.0 Å². The number of aliphatic hydroxyl groups is 2. The van der Waals surface area contributed by atoms with Crippen molar-refractivity contribution >= 4 is 0 Å². The van der Waals surface area contributed by atoms with Crippen LogP contribution in [0.2, 0.25) is 0 Å². The third-order valence-electron chi connectivity index (χ3n) is 17.6. The van der Waals surface area contributed by atoms with E-state index < -0.39 is 12.2 Å². The van der Waals surface area contributed by atoms with E-state index in [1.54, 1.807) is 0 Å². The van der Waals surface area contributed by atoms with Gasteiger partial charge in [0.1, 0.15) is 61.6 Å². The van der Waals surface area contributed by atoms with Gasteiger partial charge in [0.15, 0.2) is 0 Å². The predicted octanol–water partition coefficient (Wildman–Crippen LogP) is 20.9. The molecular weight excluding hydrogens is 1120 g/mol. The Bertz CT molecular complexity index is 3520. The van der Waals surface area contributed by atoms with Crippen molar-refractivity contribution in [3.05, 3.63) is 334 Å². The predicted molar refractivity (Wildman–Crippen MR) is 381 cm³/mol. The summed E-state index contributed by atoms with van der Waals surface area (Å²) in [6.07, 6.45) is 3.93. The summed E-state index contributed by atoms with van der Waals surface area (Å²) in [5.74, 6) is 3.12. The molecule has 0 heterocycles. The van der Waals surface area contributed by atoms with Crippen LogP contribution in [0.4, 0.5) is 0 Å². The van der Waals surface area contributed by atoms with Crippen LogP contribution in [0, 0.1) is 0 Å². The third kappa shape index (κ3) is 18.1. The van der Waals surface area contributed by atoms with Crippen molar-refractivity contribution < 1.29 is 29.2 Å². The summed E-state index contributed by atoms with van der Waals surface area (Å²) in [7, 11) is 0. The molecule has 0 saturated carbocycles. The maximum atomic E-state index is 11.6. The molecular formula is C85H98O6. The summed E-state index contributed by atoms with van der Waals surface area (Å²) < 4.78 is 26.1. The summed E-state index contributed by atoms with van der Waals surface area (Å²) in [5, 5.41) is 23.1. The van der Waals surface area contributed by atoms with E-state index in [0.717, 1.165) is 56.0 Å². The minimum Gasteiger partial charge on any atom is -0.491 e. The van der Waals surface area contributed by atoms with Crippen LogP contribution < -0.4 is 18.9 Å². The molecule has 9 aromatic rings. The van der Waals surface area contributed by atoms with E-state index in [0.29, 0.717) is 11.5 Å². The lowest BCUT2D eigenvalue weighted by molar-refractivity contribution is 0.0618. The third-order valence-corrected chi connectivity index (χ3v) is 17.6. The largest absolute Gasteiger partial charge is 0.491 e. The van der Waals surface area contributed by atoms with Gasteiger partial charge < -0.3 is 29.2 Å². The molecule has 0 spiro atoms. The Morgan fingerprint density at radius 1 is 0.374 bits per heavy atom. The summed E-state index contributed by atoms with van der Waals surface area (Å²) in [6.45, 7) is 34.1. The van der Waals surface area contributed by atoms with Crippen molar-refractivity contribution in [1.29, 1.82) is 0 Å². The lowest BCUT2D eigenvalue weighted by Gasteiger charge is -2.27. The average Bonchev–Trinajstić information content (AvgIpc) is 0.968. The first-order chi connectivity index (χ1) is 44.1. The second-order valence-corrected chi connectivity index (χ2v) is 23.8. The molecule has 9 rings (SSSR count). The number of hydrogen-bond donors (Lipinski definition) is 2. The molecule has 0 saturated heterocycles. The van der Waals surface area contributed by atoms with Crippen LogP contribution in [0.25, 0.3) is 0 Å². The molecule has 0 fully saturated rings. The fourth-order valence-corrected chi connectivity index (χ4v) is 11.8. The highest BCUT2D eigenvalue weighted by molar-refractivity contribution is 5.57. The van der Waals surface area contributed by atoms with Crippen LogP contribution in [-0.2, 0) is 5.41 Å². The summed E-state index contributed by atoms with van der Waals surface area (Å²) in [6, 6.07) is 78.0. The highest BCUT2D eigenvalue weighted by Crippen LogP contribution is 2.45. The van der Waals surface area contributed by atoms with E-state index in [4.69, 9.17) is 18.9 Å². The Morgan fingerprint density at radius 3 is 0.934 bits per heavy atom. The lowest BCUT2D eigenvalue weighted by Crippen LogP contribution is -2.26. The molecule has 0 aliphatic carbocycles. The molecule has 0 radical (unpaired) electrons. The van der Waals surface area contributed by atoms with E-state index in [9.17, 15) is 10.2 Å². The van der Waals surface area contributed by atoms with E-state index >= 15 is 0 Å². The molecule has 0 bridgehead atoms. The highest BCUT2D eigenvalue weighted by Gasteiger charge is 2.29. The molecule has 474 valence electrons. The quantitative estimate of drug-likeness (QED) is 0.0476. The van der Waals surface area contributed by atoms with E-state index in [1.165, 1.54) is 33.4 Å². The van der Waals surface area contributed by atoms with Crippen molar-refractivity contribution in [3.8, 4) is 23.0 Å². The minimum absolute atomic E-state index is 0.00296. The SMILES string of the molecule is C=C/C=C(\C=C)C(C)c1cc(C(C)c2ccccc2)c(OCC(O)COc2ccc(C(C)(C)c3ccc(OCC(O)COc4c(C(C)c5ccccc5)cc(C(C)c5ccccc5)cc4C(C)c4ccccc4)cc3)cc2)c(C(C)c2ccccc2)c1.CC.CC. The first-order valence-electron chi connectivity index (χ1n) is 32.8. The van der Waals surface area contributed by atoms with Gasteiger partial charge in [0, 0.05) is 63.2 Å². The summed E-state index contributed by atoms with van der Waals surface area (Å²) >= 11 is 0. The van der Waals surface area contributed by atoms with Gasteiger partial charge in [-0.25, -0.2) is 0 Å². The molecule has 0 aliphatic heterocycles. The Labute approximate surface area is 545 Å². The van der Waals surface area contributed by atoms with Crippen molar-refractivity contribution in [1.82, 2.24) is 0 Å². The van der Waals surface area contributed by atoms with Crippen LogP contribution in [-0.4, -0.2) is 48.8 Å². The van der Waals surface area contributed by atoms with Crippen LogP contribution in [0.15, 0.2) is 261 Å². The Morgan fingerprint density at radius 2 is 0.648 bits per heavy atom. The first-order valence-corrected chi connectivity index (χ1v) is 32.8. The number of benzene rings is 9. The van der Waals surface area contributed by atoms with Gasteiger partial charge in [-0.3, -0.25) is 0 Å². The molecule has 8 atom stereocenters. The number of rotatable bonds is 28. The lowest BCUT2D eigenvalue weighted by atomic mass is 9.78. The molecule has 2 N–H and O–H groups in total. The molecule has 8 unspecified atom stereocenters. The molecule has 0 aliphatic rings. The van der Waals surface area contributed by atoms with Crippen molar-refractivity contribution in [2.75, 3.05) is 26.4 Å². The topological polar surface area (TPSA) is 77.4 Å². The smallest absolute Gasteiger partial charge is 0.127 e. The van der Waals surface area contributed by atoms with Gasteiger partial charge in [-0.15, -0.1) is 0 Å². The fourth-order valence-electron chi connectivity index (χ4n) is 11.8. The molecule has 6 nitrogen and oxygen atoms in total. The zero-order valence-electron chi connectivity index (χ0n) is 56.0. The summed E-state index contributed by atoms with van der Waals surface area (Å²) in [5.41, 5.74) is 15.5. The van der Waals surface area contributed by atoms with Crippen LogP contribution >= 0.6 is 0 Å². The number of ether oxygens (including phenoxy) is 4. The normalized spacial score (nSPS) is 14.0. The molecule has 0 amide bonds. The number of hydrogen-bond acceptors (Lipinski definition) is 6. The Kier molecular flexibility index (Phi) is 26.5. The van der Waals surface area contributed by atoms with Crippen molar-refractivity contribution in [2.24, 2.45) is 0 Å². The highest BCUT2D eigenvalue weighted by atomic mass is 16.5. The number of allylic oxidation sites excluding steroid dienone is 4. The van der Waals surface area contributed by atoms with E-state index in [1.807, 2.05) is 94.5 Å². The van der Waals surface area contributed by atoms with E-state index in [2.05, 4.69) is 244 Å².